The van der Waals surface area contributed by atoms with Crippen LogP contribution in [-0.4, -0.2) is 28.4 Å². The van der Waals surface area contributed by atoms with Gasteiger partial charge in [0, 0.05) is 6.20 Å². The number of aromatic nitrogens is 2. The SMILES string of the molecule is CCOC(=O)C(N)Cn1ccc(C)n1. The molecule has 14 heavy (non-hydrogen) atoms. The van der Waals surface area contributed by atoms with E-state index in [0.717, 1.165) is 5.69 Å². The molecule has 1 rings (SSSR count). The molecule has 0 aliphatic rings. The van der Waals surface area contributed by atoms with Crippen molar-refractivity contribution in [2.75, 3.05) is 6.61 Å². The number of hydrogen-bond donors (Lipinski definition) is 1. The summed E-state index contributed by atoms with van der Waals surface area (Å²) in [6.07, 6.45) is 1.79. The van der Waals surface area contributed by atoms with E-state index in [4.69, 9.17) is 10.5 Å². The maximum Gasteiger partial charge on any atom is 0.324 e. The lowest BCUT2D eigenvalue weighted by atomic mass is 10.3. The first-order chi connectivity index (χ1) is 6.63. The van der Waals surface area contributed by atoms with Gasteiger partial charge in [0.25, 0.3) is 0 Å². The van der Waals surface area contributed by atoms with Gasteiger partial charge in [-0.25, -0.2) is 0 Å². The zero-order chi connectivity index (χ0) is 10.6. The normalized spacial score (nSPS) is 12.5. The first-order valence-corrected chi connectivity index (χ1v) is 4.55. The van der Waals surface area contributed by atoms with E-state index in [9.17, 15) is 4.79 Å². The predicted octanol–water partition coefficient (Wildman–Crippen LogP) is 0.0819. The van der Waals surface area contributed by atoms with Gasteiger partial charge in [0.15, 0.2) is 0 Å². The molecule has 0 aliphatic carbocycles. The first kappa shape index (κ1) is 10.7. The Morgan fingerprint density at radius 1 is 1.79 bits per heavy atom. The molecule has 1 heterocycles. The van der Waals surface area contributed by atoms with Crippen LogP contribution in [0.3, 0.4) is 0 Å². The summed E-state index contributed by atoms with van der Waals surface area (Å²) in [4.78, 5) is 11.2. The molecule has 0 aromatic carbocycles. The van der Waals surface area contributed by atoms with Crippen molar-refractivity contribution in [1.82, 2.24) is 9.78 Å². The molecule has 2 N–H and O–H groups in total. The highest BCUT2D eigenvalue weighted by Gasteiger charge is 2.15. The van der Waals surface area contributed by atoms with Crippen molar-refractivity contribution < 1.29 is 9.53 Å². The van der Waals surface area contributed by atoms with Gasteiger partial charge in [-0.1, -0.05) is 0 Å². The van der Waals surface area contributed by atoms with Crippen LogP contribution in [0.4, 0.5) is 0 Å². The minimum atomic E-state index is -0.644. The van der Waals surface area contributed by atoms with Crippen LogP contribution in [0.25, 0.3) is 0 Å². The smallest absolute Gasteiger partial charge is 0.324 e. The van der Waals surface area contributed by atoms with Gasteiger partial charge in [-0.15, -0.1) is 0 Å². The van der Waals surface area contributed by atoms with Crippen LogP contribution in [0.2, 0.25) is 0 Å². The van der Waals surface area contributed by atoms with Crippen molar-refractivity contribution in [2.45, 2.75) is 26.4 Å². The fraction of sp³-hybridized carbons (Fsp3) is 0.556. The zero-order valence-corrected chi connectivity index (χ0v) is 8.43. The standard InChI is InChI=1S/C9H15N3O2/c1-3-14-9(13)8(10)6-12-5-4-7(2)11-12/h4-5,8H,3,6,10H2,1-2H3. The third-order valence-electron chi connectivity index (χ3n) is 1.75. The third-order valence-corrected chi connectivity index (χ3v) is 1.75. The lowest BCUT2D eigenvalue weighted by Gasteiger charge is -2.09. The average Bonchev–Trinajstić information content (AvgIpc) is 2.51. The highest BCUT2D eigenvalue weighted by atomic mass is 16.5. The maximum absolute atomic E-state index is 11.2. The summed E-state index contributed by atoms with van der Waals surface area (Å²) in [5.41, 5.74) is 6.51. The maximum atomic E-state index is 11.2. The fourth-order valence-corrected chi connectivity index (χ4v) is 1.09. The minimum absolute atomic E-state index is 0.352. The number of carbonyl (C=O) groups excluding carboxylic acids is 1. The van der Waals surface area contributed by atoms with Crippen LogP contribution < -0.4 is 5.73 Å². The van der Waals surface area contributed by atoms with E-state index < -0.39 is 6.04 Å². The van der Waals surface area contributed by atoms with Crippen LogP contribution in [-0.2, 0) is 16.1 Å². The second-order valence-electron chi connectivity index (χ2n) is 3.04. The van der Waals surface area contributed by atoms with E-state index in [1.807, 2.05) is 13.0 Å². The molecule has 0 radical (unpaired) electrons. The quantitative estimate of drug-likeness (QED) is 0.694. The van der Waals surface area contributed by atoms with E-state index in [1.54, 1.807) is 17.8 Å². The number of carbonyl (C=O) groups is 1. The summed E-state index contributed by atoms with van der Waals surface area (Å²) in [6, 6.07) is 1.21. The van der Waals surface area contributed by atoms with Gasteiger partial charge in [-0.2, -0.15) is 5.10 Å². The Balaban J connectivity index is 2.48. The lowest BCUT2D eigenvalue weighted by molar-refractivity contribution is -0.145. The Bertz CT molecular complexity index is 309. The monoisotopic (exact) mass is 197 g/mol. The molecule has 0 fully saturated rings. The van der Waals surface area contributed by atoms with Crippen molar-refractivity contribution in [3.05, 3.63) is 18.0 Å². The number of rotatable bonds is 4. The van der Waals surface area contributed by atoms with Crippen molar-refractivity contribution >= 4 is 5.97 Å². The summed E-state index contributed by atoms with van der Waals surface area (Å²) in [7, 11) is 0. The number of hydrogen-bond acceptors (Lipinski definition) is 4. The lowest BCUT2D eigenvalue weighted by Crippen LogP contribution is -2.36. The highest BCUT2D eigenvalue weighted by molar-refractivity contribution is 5.75. The zero-order valence-electron chi connectivity index (χ0n) is 8.43. The van der Waals surface area contributed by atoms with E-state index in [2.05, 4.69) is 5.10 Å². The summed E-state index contributed by atoms with van der Waals surface area (Å²) >= 11 is 0. The summed E-state index contributed by atoms with van der Waals surface area (Å²) in [5, 5.41) is 4.12. The summed E-state index contributed by atoms with van der Waals surface area (Å²) in [5.74, 6) is -0.388. The van der Waals surface area contributed by atoms with Crippen molar-refractivity contribution in [1.29, 1.82) is 0 Å². The molecule has 0 aliphatic heterocycles. The largest absolute Gasteiger partial charge is 0.465 e. The molecule has 1 atom stereocenters. The minimum Gasteiger partial charge on any atom is -0.465 e. The van der Waals surface area contributed by atoms with Gasteiger partial charge in [-0.3, -0.25) is 9.48 Å². The predicted molar refractivity (Wildman–Crippen MR) is 51.6 cm³/mol. The molecular weight excluding hydrogens is 182 g/mol. The highest BCUT2D eigenvalue weighted by Crippen LogP contribution is 1.95. The molecule has 1 aromatic heterocycles. The van der Waals surface area contributed by atoms with Gasteiger partial charge >= 0.3 is 5.97 Å². The molecule has 0 saturated heterocycles. The van der Waals surface area contributed by atoms with Crippen molar-refractivity contribution in [3.63, 3.8) is 0 Å². The second-order valence-corrected chi connectivity index (χ2v) is 3.04. The number of nitrogens with two attached hydrogens (primary N) is 1. The van der Waals surface area contributed by atoms with E-state index >= 15 is 0 Å². The molecular formula is C9H15N3O2. The van der Waals surface area contributed by atoms with Crippen LogP contribution in [0, 0.1) is 6.92 Å². The van der Waals surface area contributed by atoms with Crippen LogP contribution >= 0.6 is 0 Å². The van der Waals surface area contributed by atoms with E-state index in [1.165, 1.54) is 0 Å². The van der Waals surface area contributed by atoms with Gasteiger partial charge in [-0.05, 0) is 19.9 Å². The fourth-order valence-electron chi connectivity index (χ4n) is 1.09. The van der Waals surface area contributed by atoms with Crippen LogP contribution in [0.5, 0.6) is 0 Å². The van der Waals surface area contributed by atoms with Gasteiger partial charge < -0.3 is 10.5 Å². The van der Waals surface area contributed by atoms with Crippen LogP contribution in [0.15, 0.2) is 12.3 Å². The van der Waals surface area contributed by atoms with Crippen molar-refractivity contribution in [3.8, 4) is 0 Å². The van der Waals surface area contributed by atoms with E-state index in [0.29, 0.717) is 13.2 Å². The second kappa shape index (κ2) is 4.76. The Morgan fingerprint density at radius 3 is 3.00 bits per heavy atom. The van der Waals surface area contributed by atoms with Crippen molar-refractivity contribution in [2.24, 2.45) is 5.73 Å². The Morgan fingerprint density at radius 2 is 2.50 bits per heavy atom. The molecule has 1 unspecified atom stereocenters. The Hall–Kier alpha value is -1.36. The molecule has 0 spiro atoms. The van der Waals surface area contributed by atoms with Gasteiger partial charge in [0.2, 0.25) is 0 Å². The molecule has 0 amide bonds. The van der Waals surface area contributed by atoms with Gasteiger partial charge in [0.1, 0.15) is 6.04 Å². The summed E-state index contributed by atoms with van der Waals surface area (Å²) in [6.45, 7) is 4.34. The molecule has 0 bridgehead atoms. The Kier molecular flexibility index (Phi) is 3.64. The number of nitrogens with zero attached hydrogens (tertiary/aromatic N) is 2. The summed E-state index contributed by atoms with van der Waals surface area (Å²) < 4.78 is 6.41. The Labute approximate surface area is 82.8 Å². The molecule has 78 valence electrons. The number of ether oxygens (including phenoxy) is 1. The van der Waals surface area contributed by atoms with Gasteiger partial charge in [0.05, 0.1) is 18.8 Å². The molecule has 5 nitrogen and oxygen atoms in total. The third kappa shape index (κ3) is 2.85. The number of aryl methyl sites for hydroxylation is 1. The first-order valence-electron chi connectivity index (χ1n) is 4.55. The number of esters is 1. The molecule has 5 heteroatoms. The molecule has 1 aromatic rings. The van der Waals surface area contributed by atoms with E-state index in [-0.39, 0.29) is 5.97 Å². The average molecular weight is 197 g/mol. The van der Waals surface area contributed by atoms with Crippen LogP contribution in [0.1, 0.15) is 12.6 Å². The molecule has 0 saturated carbocycles. The topological polar surface area (TPSA) is 70.1 Å².